The molecule has 0 unspecified atom stereocenters. The summed E-state index contributed by atoms with van der Waals surface area (Å²) in [6.07, 6.45) is 0. The third-order valence-electron chi connectivity index (χ3n) is 3.78. The Balaban J connectivity index is 1.36. The molecule has 2 heterocycles. The Morgan fingerprint density at radius 1 is 1.07 bits per heavy atom. The summed E-state index contributed by atoms with van der Waals surface area (Å²) in [6.45, 7) is 0.313. The van der Waals surface area contributed by atoms with Crippen LogP contribution < -0.4 is 20.1 Å². The van der Waals surface area contributed by atoms with Crippen LogP contribution in [0.25, 0.3) is 0 Å². The second kappa shape index (κ2) is 7.83. The molecule has 142 valence electrons. The molecule has 2 amide bonds. The molecule has 0 radical (unpaired) electrons. The number of aromatic nitrogens is 2. The Morgan fingerprint density at radius 2 is 1.93 bits per heavy atom. The Hall–Kier alpha value is -3.17. The van der Waals surface area contributed by atoms with Gasteiger partial charge in [-0.15, -0.1) is 10.2 Å². The Bertz CT molecular complexity index is 1060. The van der Waals surface area contributed by atoms with Gasteiger partial charge in [-0.05, 0) is 30.3 Å². The van der Waals surface area contributed by atoms with E-state index in [9.17, 15) is 9.59 Å². The minimum Gasteiger partial charge on any atom is -0.454 e. The van der Waals surface area contributed by atoms with Gasteiger partial charge in [-0.2, -0.15) is 0 Å². The van der Waals surface area contributed by atoms with Crippen molar-refractivity contribution < 1.29 is 19.1 Å². The van der Waals surface area contributed by atoms with Gasteiger partial charge < -0.3 is 20.1 Å². The summed E-state index contributed by atoms with van der Waals surface area (Å²) in [4.78, 5) is 24.5. The Labute approximate surface area is 168 Å². The van der Waals surface area contributed by atoms with Crippen LogP contribution in [0.4, 0.5) is 5.69 Å². The van der Waals surface area contributed by atoms with Gasteiger partial charge in [0.25, 0.3) is 11.8 Å². The third-order valence-corrected chi connectivity index (χ3v) is 4.94. The number of anilines is 1. The van der Waals surface area contributed by atoms with Gasteiger partial charge in [0.1, 0.15) is 5.01 Å². The first kappa shape index (κ1) is 18.2. The van der Waals surface area contributed by atoms with Crippen molar-refractivity contribution in [1.29, 1.82) is 0 Å². The van der Waals surface area contributed by atoms with E-state index in [2.05, 4.69) is 20.8 Å². The van der Waals surface area contributed by atoms with Crippen LogP contribution in [-0.2, 0) is 6.54 Å². The van der Waals surface area contributed by atoms with Crippen LogP contribution in [0, 0.1) is 0 Å². The molecule has 0 saturated heterocycles. The van der Waals surface area contributed by atoms with Crippen molar-refractivity contribution in [3.63, 3.8) is 0 Å². The zero-order valence-corrected chi connectivity index (χ0v) is 15.8. The van der Waals surface area contributed by atoms with Crippen molar-refractivity contribution in [2.45, 2.75) is 6.54 Å². The van der Waals surface area contributed by atoms with Crippen LogP contribution >= 0.6 is 22.9 Å². The van der Waals surface area contributed by atoms with E-state index in [1.807, 2.05) is 0 Å². The van der Waals surface area contributed by atoms with Gasteiger partial charge in [-0.25, -0.2) is 0 Å². The van der Waals surface area contributed by atoms with Gasteiger partial charge in [0.2, 0.25) is 11.8 Å². The van der Waals surface area contributed by atoms with Crippen LogP contribution in [0.2, 0.25) is 5.02 Å². The summed E-state index contributed by atoms with van der Waals surface area (Å²) in [5.41, 5.74) is 0.998. The molecule has 4 rings (SSSR count). The van der Waals surface area contributed by atoms with Crippen molar-refractivity contribution in [2.24, 2.45) is 0 Å². The lowest BCUT2D eigenvalue weighted by atomic mass is 10.2. The van der Waals surface area contributed by atoms with E-state index < -0.39 is 5.91 Å². The second-order valence-corrected chi connectivity index (χ2v) is 7.21. The number of amides is 2. The van der Waals surface area contributed by atoms with Crippen LogP contribution in [0.3, 0.4) is 0 Å². The summed E-state index contributed by atoms with van der Waals surface area (Å²) >= 11 is 6.98. The van der Waals surface area contributed by atoms with Gasteiger partial charge >= 0.3 is 0 Å². The molecule has 1 aromatic heterocycles. The highest BCUT2D eigenvalue weighted by molar-refractivity contribution is 7.13. The molecule has 0 bridgehead atoms. The number of ether oxygens (including phenoxy) is 2. The molecule has 0 fully saturated rings. The molecular weight excluding hydrogens is 404 g/mol. The number of fused-ring (bicyclic) bond motifs is 1. The first-order valence-corrected chi connectivity index (χ1v) is 9.35. The number of carbonyl (C=O) groups is 2. The molecule has 0 spiro atoms. The minimum atomic E-state index is -0.399. The van der Waals surface area contributed by atoms with Crippen LogP contribution in [0.1, 0.15) is 25.2 Å². The molecule has 8 nitrogen and oxygen atoms in total. The quantitative estimate of drug-likeness (QED) is 0.662. The molecule has 10 heteroatoms. The lowest BCUT2D eigenvalue weighted by Crippen LogP contribution is -2.22. The number of nitrogens with zero attached hydrogens (tertiary/aromatic N) is 2. The number of halogens is 1. The number of hydrogen-bond acceptors (Lipinski definition) is 7. The Kier molecular flexibility index (Phi) is 5.09. The van der Waals surface area contributed by atoms with Crippen molar-refractivity contribution in [2.75, 3.05) is 12.1 Å². The highest BCUT2D eigenvalue weighted by atomic mass is 35.5. The first-order valence-electron chi connectivity index (χ1n) is 8.15. The smallest absolute Gasteiger partial charge is 0.286 e. The lowest BCUT2D eigenvalue weighted by molar-refractivity contribution is 0.0950. The number of rotatable bonds is 5. The van der Waals surface area contributed by atoms with Crippen molar-refractivity contribution >= 4 is 40.4 Å². The van der Waals surface area contributed by atoms with Crippen molar-refractivity contribution in [1.82, 2.24) is 15.5 Å². The van der Waals surface area contributed by atoms with E-state index in [-0.39, 0.29) is 24.3 Å². The molecule has 28 heavy (non-hydrogen) atoms. The van der Waals surface area contributed by atoms with Gasteiger partial charge in [0.15, 0.2) is 11.5 Å². The number of hydrogen-bond donors (Lipinski definition) is 2. The van der Waals surface area contributed by atoms with Gasteiger partial charge in [-0.3, -0.25) is 9.59 Å². The van der Waals surface area contributed by atoms with E-state index >= 15 is 0 Å². The number of nitrogens with one attached hydrogen (secondary N) is 2. The average Bonchev–Trinajstić information content (AvgIpc) is 3.35. The van der Waals surface area contributed by atoms with E-state index in [4.69, 9.17) is 21.1 Å². The average molecular weight is 417 g/mol. The van der Waals surface area contributed by atoms with Gasteiger partial charge in [0, 0.05) is 22.3 Å². The summed E-state index contributed by atoms with van der Waals surface area (Å²) in [5.74, 6) is 0.513. The maximum Gasteiger partial charge on any atom is 0.286 e. The molecule has 0 saturated carbocycles. The Morgan fingerprint density at radius 3 is 2.79 bits per heavy atom. The van der Waals surface area contributed by atoms with E-state index in [0.717, 1.165) is 11.3 Å². The number of carbonyl (C=O) groups excluding carboxylic acids is 2. The SMILES string of the molecule is O=C(NCc1nnc(C(=O)Nc2ccc3c(c2)OCO3)s1)c1cccc(Cl)c1. The summed E-state index contributed by atoms with van der Waals surface area (Å²) < 4.78 is 10.5. The highest BCUT2D eigenvalue weighted by Crippen LogP contribution is 2.34. The third kappa shape index (κ3) is 4.05. The molecule has 1 aliphatic heterocycles. The molecule has 2 aromatic carbocycles. The summed E-state index contributed by atoms with van der Waals surface area (Å²) in [5, 5.41) is 14.4. The van der Waals surface area contributed by atoms with Crippen LogP contribution in [0.15, 0.2) is 42.5 Å². The van der Waals surface area contributed by atoms with Gasteiger partial charge in [-0.1, -0.05) is 29.0 Å². The fourth-order valence-corrected chi connectivity index (χ4v) is 3.33. The van der Waals surface area contributed by atoms with E-state index in [1.54, 1.807) is 42.5 Å². The standard InChI is InChI=1S/C18H13ClN4O4S/c19-11-3-1-2-10(6-11)16(24)20-8-15-22-23-18(28-15)17(25)21-12-4-5-13-14(7-12)27-9-26-13/h1-7H,8-9H2,(H,20,24)(H,21,25). The molecule has 2 N–H and O–H groups in total. The fourth-order valence-electron chi connectivity index (χ4n) is 2.46. The predicted molar refractivity (Wildman–Crippen MR) is 103 cm³/mol. The maximum atomic E-state index is 12.3. The topological polar surface area (TPSA) is 102 Å². The summed E-state index contributed by atoms with van der Waals surface area (Å²) in [6, 6.07) is 11.7. The molecule has 0 atom stereocenters. The zero-order chi connectivity index (χ0) is 19.5. The fraction of sp³-hybridized carbons (Fsp3) is 0.111. The molecular formula is C18H13ClN4O4S. The second-order valence-electron chi connectivity index (χ2n) is 5.72. The number of benzene rings is 2. The largest absolute Gasteiger partial charge is 0.454 e. The van der Waals surface area contributed by atoms with E-state index in [0.29, 0.717) is 32.8 Å². The van der Waals surface area contributed by atoms with Crippen LogP contribution in [0.5, 0.6) is 11.5 Å². The maximum absolute atomic E-state index is 12.3. The highest BCUT2D eigenvalue weighted by Gasteiger charge is 2.17. The molecule has 1 aliphatic rings. The van der Waals surface area contributed by atoms with Crippen LogP contribution in [-0.4, -0.2) is 28.8 Å². The van der Waals surface area contributed by atoms with Crippen molar-refractivity contribution in [3.8, 4) is 11.5 Å². The van der Waals surface area contributed by atoms with E-state index in [1.165, 1.54) is 0 Å². The van der Waals surface area contributed by atoms with Gasteiger partial charge in [0.05, 0.1) is 6.54 Å². The van der Waals surface area contributed by atoms with Crippen molar-refractivity contribution in [3.05, 3.63) is 63.1 Å². The predicted octanol–water partition coefficient (Wildman–Crippen LogP) is 3.10. The molecule has 3 aromatic rings. The summed E-state index contributed by atoms with van der Waals surface area (Å²) in [7, 11) is 0. The first-order chi connectivity index (χ1) is 13.6. The normalized spacial score (nSPS) is 11.9. The zero-order valence-electron chi connectivity index (χ0n) is 14.3. The monoisotopic (exact) mass is 416 g/mol. The molecule has 0 aliphatic carbocycles. The minimum absolute atomic E-state index is 0.153. The lowest BCUT2D eigenvalue weighted by Gasteiger charge is -2.04.